The third kappa shape index (κ3) is 3.67. The zero-order valence-electron chi connectivity index (χ0n) is 11.1. The highest BCUT2D eigenvalue weighted by Crippen LogP contribution is 2.25. The molecule has 0 amide bonds. The molecule has 2 rings (SSSR count). The van der Waals surface area contributed by atoms with Crippen LogP contribution in [-0.2, 0) is 6.42 Å². The number of hydrogen-bond donors (Lipinski definition) is 0. The third-order valence-corrected chi connectivity index (χ3v) is 3.50. The molecule has 0 saturated heterocycles. The van der Waals surface area contributed by atoms with Gasteiger partial charge in [0.2, 0.25) is 0 Å². The lowest BCUT2D eigenvalue weighted by atomic mass is 10.1. The van der Waals surface area contributed by atoms with Crippen LogP contribution in [0.5, 0.6) is 5.75 Å². The summed E-state index contributed by atoms with van der Waals surface area (Å²) < 4.78 is 6.13. The highest BCUT2D eigenvalue weighted by Gasteiger charge is 1.99. The molecule has 3 heteroatoms. The number of aliphatic imine (C=N–C) groups is 1. The lowest BCUT2D eigenvalue weighted by Crippen LogP contribution is -1.86. The Morgan fingerprint density at radius 2 is 1.89 bits per heavy atom. The second kappa shape index (κ2) is 6.53. The van der Waals surface area contributed by atoms with Gasteiger partial charge in [0, 0.05) is 6.21 Å². The van der Waals surface area contributed by atoms with Crippen molar-refractivity contribution in [2.75, 3.05) is 7.11 Å². The van der Waals surface area contributed by atoms with Gasteiger partial charge in [-0.05, 0) is 63.8 Å². The van der Waals surface area contributed by atoms with Crippen molar-refractivity contribution in [2.24, 2.45) is 4.99 Å². The van der Waals surface area contributed by atoms with Gasteiger partial charge in [0.15, 0.2) is 0 Å². The largest absolute Gasteiger partial charge is 0.496 e. The molecule has 0 N–H and O–H groups in total. The van der Waals surface area contributed by atoms with Gasteiger partial charge in [-0.1, -0.05) is 19.1 Å². The van der Waals surface area contributed by atoms with E-state index in [2.05, 4.69) is 40.0 Å². The Morgan fingerprint density at radius 3 is 2.47 bits per heavy atom. The Balaban J connectivity index is 2.15. The molecule has 0 aliphatic heterocycles. The number of hydrogen-bond acceptors (Lipinski definition) is 2. The highest BCUT2D eigenvalue weighted by molar-refractivity contribution is 9.10. The van der Waals surface area contributed by atoms with Gasteiger partial charge in [-0.3, -0.25) is 4.99 Å². The van der Waals surface area contributed by atoms with Crippen molar-refractivity contribution >= 4 is 27.8 Å². The lowest BCUT2D eigenvalue weighted by molar-refractivity contribution is 0.412. The average Bonchev–Trinajstić information content (AvgIpc) is 2.46. The van der Waals surface area contributed by atoms with E-state index in [-0.39, 0.29) is 0 Å². The Morgan fingerprint density at radius 1 is 1.16 bits per heavy atom. The van der Waals surface area contributed by atoms with Gasteiger partial charge in [0.05, 0.1) is 17.3 Å². The molecule has 0 fully saturated rings. The molecular weight excluding hydrogens is 302 g/mol. The van der Waals surface area contributed by atoms with E-state index in [0.29, 0.717) is 0 Å². The van der Waals surface area contributed by atoms with E-state index >= 15 is 0 Å². The molecule has 0 atom stereocenters. The Labute approximate surface area is 122 Å². The third-order valence-electron chi connectivity index (χ3n) is 2.88. The first-order chi connectivity index (χ1) is 9.22. The number of ether oxygens (including phenoxy) is 1. The standard InChI is InChI=1S/C16H16BrNO/c1-3-12-4-7-14(8-5-12)18-11-13-6-9-16(19-2)15(17)10-13/h4-11H,3H2,1-2H3. The topological polar surface area (TPSA) is 21.6 Å². The van der Waals surface area contributed by atoms with Gasteiger partial charge in [0.25, 0.3) is 0 Å². The van der Waals surface area contributed by atoms with Crippen LogP contribution in [0, 0.1) is 0 Å². The summed E-state index contributed by atoms with van der Waals surface area (Å²) in [5.74, 6) is 0.824. The van der Waals surface area contributed by atoms with Crippen LogP contribution in [0.1, 0.15) is 18.1 Å². The molecule has 98 valence electrons. The first kappa shape index (κ1) is 13.8. The molecule has 0 aliphatic carbocycles. The number of benzene rings is 2. The van der Waals surface area contributed by atoms with Crippen molar-refractivity contribution in [2.45, 2.75) is 13.3 Å². The van der Waals surface area contributed by atoms with E-state index in [9.17, 15) is 0 Å². The molecule has 2 aromatic rings. The van der Waals surface area contributed by atoms with Gasteiger partial charge < -0.3 is 4.74 Å². The van der Waals surface area contributed by atoms with Crippen molar-refractivity contribution in [3.05, 3.63) is 58.1 Å². The Bertz CT molecular complexity index is 576. The number of rotatable bonds is 4. The molecule has 0 spiro atoms. The van der Waals surface area contributed by atoms with Crippen LogP contribution in [0.15, 0.2) is 51.9 Å². The number of nitrogens with zero attached hydrogens (tertiary/aromatic N) is 1. The molecule has 0 radical (unpaired) electrons. The van der Waals surface area contributed by atoms with Crippen molar-refractivity contribution in [3.8, 4) is 5.75 Å². The average molecular weight is 318 g/mol. The minimum atomic E-state index is 0.824. The van der Waals surface area contributed by atoms with Crippen molar-refractivity contribution in [1.82, 2.24) is 0 Å². The monoisotopic (exact) mass is 317 g/mol. The van der Waals surface area contributed by atoms with Crippen LogP contribution >= 0.6 is 15.9 Å². The molecule has 2 aromatic carbocycles. The Hall–Kier alpha value is -1.61. The van der Waals surface area contributed by atoms with E-state index in [1.54, 1.807) is 7.11 Å². The molecule has 2 nitrogen and oxygen atoms in total. The van der Waals surface area contributed by atoms with Crippen LogP contribution < -0.4 is 4.74 Å². The summed E-state index contributed by atoms with van der Waals surface area (Å²) in [5.41, 5.74) is 3.32. The van der Waals surface area contributed by atoms with Crippen LogP contribution in [0.3, 0.4) is 0 Å². The predicted octanol–water partition coefficient (Wildman–Crippen LogP) is 4.77. The SMILES string of the molecule is CCc1ccc(N=Cc2ccc(OC)c(Br)c2)cc1. The van der Waals surface area contributed by atoms with Gasteiger partial charge in [-0.2, -0.15) is 0 Å². The normalized spacial score (nSPS) is 10.9. The second-order valence-corrected chi connectivity index (χ2v) is 5.03. The van der Waals surface area contributed by atoms with E-state index in [4.69, 9.17) is 4.74 Å². The Kier molecular flexibility index (Phi) is 4.74. The fourth-order valence-electron chi connectivity index (χ4n) is 1.73. The summed E-state index contributed by atoms with van der Waals surface area (Å²) in [7, 11) is 1.66. The maximum absolute atomic E-state index is 5.20. The second-order valence-electron chi connectivity index (χ2n) is 4.17. The summed E-state index contributed by atoms with van der Waals surface area (Å²) in [4.78, 5) is 4.46. The zero-order chi connectivity index (χ0) is 13.7. The van der Waals surface area contributed by atoms with Crippen molar-refractivity contribution in [3.63, 3.8) is 0 Å². The van der Waals surface area contributed by atoms with E-state index < -0.39 is 0 Å². The fourth-order valence-corrected chi connectivity index (χ4v) is 2.29. The molecular formula is C16H16BrNO. The summed E-state index contributed by atoms with van der Waals surface area (Å²) in [5, 5.41) is 0. The molecule has 19 heavy (non-hydrogen) atoms. The molecule has 0 aromatic heterocycles. The number of methoxy groups -OCH3 is 1. The van der Waals surface area contributed by atoms with Crippen molar-refractivity contribution in [1.29, 1.82) is 0 Å². The van der Waals surface area contributed by atoms with Crippen molar-refractivity contribution < 1.29 is 4.74 Å². The van der Waals surface area contributed by atoms with Crippen LogP contribution in [0.25, 0.3) is 0 Å². The smallest absolute Gasteiger partial charge is 0.133 e. The van der Waals surface area contributed by atoms with E-state index in [0.717, 1.165) is 27.9 Å². The first-order valence-corrected chi connectivity index (χ1v) is 6.98. The molecule has 0 saturated carbocycles. The van der Waals surface area contributed by atoms with Gasteiger partial charge in [-0.15, -0.1) is 0 Å². The maximum Gasteiger partial charge on any atom is 0.133 e. The lowest BCUT2D eigenvalue weighted by Gasteiger charge is -2.03. The molecule has 0 bridgehead atoms. The van der Waals surface area contributed by atoms with Gasteiger partial charge >= 0.3 is 0 Å². The summed E-state index contributed by atoms with van der Waals surface area (Å²) in [6.07, 6.45) is 2.90. The predicted molar refractivity (Wildman–Crippen MR) is 83.8 cm³/mol. The summed E-state index contributed by atoms with van der Waals surface area (Å²) in [6.45, 7) is 2.15. The summed E-state index contributed by atoms with van der Waals surface area (Å²) >= 11 is 3.47. The van der Waals surface area contributed by atoms with E-state index in [1.807, 2.05) is 36.5 Å². The van der Waals surface area contributed by atoms with Crippen LogP contribution in [0.2, 0.25) is 0 Å². The van der Waals surface area contributed by atoms with E-state index in [1.165, 1.54) is 5.56 Å². The quantitative estimate of drug-likeness (QED) is 0.744. The summed E-state index contributed by atoms with van der Waals surface area (Å²) in [6, 6.07) is 14.2. The van der Waals surface area contributed by atoms with Crippen LogP contribution in [-0.4, -0.2) is 13.3 Å². The molecule has 0 heterocycles. The fraction of sp³-hybridized carbons (Fsp3) is 0.188. The molecule has 0 aliphatic rings. The minimum absolute atomic E-state index is 0.824. The number of aryl methyl sites for hydroxylation is 1. The van der Waals surface area contributed by atoms with Gasteiger partial charge in [0.1, 0.15) is 5.75 Å². The molecule has 0 unspecified atom stereocenters. The minimum Gasteiger partial charge on any atom is -0.496 e. The van der Waals surface area contributed by atoms with Crippen LogP contribution in [0.4, 0.5) is 5.69 Å². The number of halogens is 1. The zero-order valence-corrected chi connectivity index (χ0v) is 12.6. The first-order valence-electron chi connectivity index (χ1n) is 6.19. The highest BCUT2D eigenvalue weighted by atomic mass is 79.9. The van der Waals surface area contributed by atoms with Gasteiger partial charge in [-0.25, -0.2) is 0 Å². The maximum atomic E-state index is 5.20.